The van der Waals surface area contributed by atoms with E-state index in [4.69, 9.17) is 0 Å². The van der Waals surface area contributed by atoms with Gasteiger partial charge in [-0.3, -0.25) is 4.79 Å². The van der Waals surface area contributed by atoms with Crippen LogP contribution < -0.4 is 4.98 Å². The van der Waals surface area contributed by atoms with Crippen molar-refractivity contribution < 1.29 is 18.0 Å². The molecule has 0 saturated heterocycles. The first-order valence-corrected chi connectivity index (χ1v) is 6.52. The van der Waals surface area contributed by atoms with Crippen molar-refractivity contribution in [3.63, 3.8) is 0 Å². The van der Waals surface area contributed by atoms with E-state index in [-0.39, 0.29) is 12.4 Å². The third-order valence-corrected chi connectivity index (χ3v) is 1.72. The predicted molar refractivity (Wildman–Crippen MR) is 44.8 cm³/mol. The average molecular weight is 222 g/mol. The molecular weight excluding hydrogens is 211 g/mol. The van der Waals surface area contributed by atoms with Crippen molar-refractivity contribution in [2.45, 2.75) is 25.8 Å². The first-order valence-electron chi connectivity index (χ1n) is 3.02. The Labute approximate surface area is 76.0 Å². The second kappa shape index (κ2) is 4.13. The van der Waals surface area contributed by atoms with Crippen molar-refractivity contribution in [3.8, 4) is 0 Å². The second-order valence-electron chi connectivity index (χ2n) is 3.20. The smallest absolute Gasteiger partial charge is 0.375 e. The van der Waals surface area contributed by atoms with Gasteiger partial charge < -0.3 is 4.98 Å². The SMILES string of the molecule is C[Si](C)(C)NC(=O)C(F)(F)F.Cl. The molecule has 0 aromatic rings. The molecule has 0 aliphatic heterocycles. The summed E-state index contributed by atoms with van der Waals surface area (Å²) >= 11 is 0. The van der Waals surface area contributed by atoms with Crippen LogP contribution in [0.25, 0.3) is 0 Å². The van der Waals surface area contributed by atoms with Gasteiger partial charge in [-0.1, -0.05) is 19.6 Å². The third kappa shape index (κ3) is 6.48. The fourth-order valence-corrected chi connectivity index (χ4v) is 1.23. The van der Waals surface area contributed by atoms with Crippen molar-refractivity contribution in [1.82, 2.24) is 4.98 Å². The molecule has 0 bridgehead atoms. The zero-order chi connectivity index (χ0) is 9.28. The van der Waals surface area contributed by atoms with E-state index in [0.717, 1.165) is 0 Å². The van der Waals surface area contributed by atoms with Gasteiger partial charge in [0.05, 0.1) is 0 Å². The standard InChI is InChI=1S/C5H10F3NOSi.ClH/c1-11(2,3)9-4(10)5(6,7)8;/h1-3H3,(H,9,10);1H. The van der Waals surface area contributed by atoms with Crippen LogP contribution in [0.1, 0.15) is 0 Å². The first kappa shape index (κ1) is 14.3. The molecule has 0 aliphatic carbocycles. The van der Waals surface area contributed by atoms with E-state index in [1.165, 1.54) is 0 Å². The highest BCUT2D eigenvalue weighted by atomic mass is 35.5. The molecular formula is C5H11ClF3NOSi. The second-order valence-corrected chi connectivity index (χ2v) is 7.95. The summed E-state index contributed by atoms with van der Waals surface area (Å²) in [6.45, 7) is 4.86. The first-order chi connectivity index (χ1) is 4.63. The molecule has 1 amide bonds. The summed E-state index contributed by atoms with van der Waals surface area (Å²) in [4.78, 5) is 12.2. The lowest BCUT2D eigenvalue weighted by molar-refractivity contribution is -0.171. The van der Waals surface area contributed by atoms with Crippen molar-refractivity contribution in [3.05, 3.63) is 0 Å². The summed E-state index contributed by atoms with van der Waals surface area (Å²) in [7, 11) is -2.15. The molecule has 0 aromatic carbocycles. The highest BCUT2D eigenvalue weighted by molar-refractivity contribution is 6.75. The van der Waals surface area contributed by atoms with Crippen LogP contribution in [0.2, 0.25) is 19.6 Å². The third-order valence-electron chi connectivity index (χ3n) is 0.746. The molecule has 0 spiro atoms. The Morgan fingerprint density at radius 3 is 1.67 bits per heavy atom. The number of rotatable bonds is 1. The molecule has 0 rings (SSSR count). The van der Waals surface area contributed by atoms with Crippen LogP contribution >= 0.6 is 12.4 Å². The minimum Gasteiger partial charge on any atom is -0.375 e. The van der Waals surface area contributed by atoms with Crippen LogP contribution in [0.4, 0.5) is 13.2 Å². The quantitative estimate of drug-likeness (QED) is 0.674. The molecule has 0 saturated carbocycles. The number of alkyl halides is 3. The Hall–Kier alpha value is -0.233. The van der Waals surface area contributed by atoms with E-state index in [0.29, 0.717) is 0 Å². The molecule has 0 fully saturated rings. The van der Waals surface area contributed by atoms with Gasteiger partial charge in [-0.05, 0) is 0 Å². The number of hydrogen-bond acceptors (Lipinski definition) is 1. The lowest BCUT2D eigenvalue weighted by Gasteiger charge is -2.18. The van der Waals surface area contributed by atoms with Crippen LogP contribution in [0, 0.1) is 0 Å². The Morgan fingerprint density at radius 1 is 1.25 bits per heavy atom. The molecule has 1 N–H and O–H groups in total. The number of hydrogen-bond donors (Lipinski definition) is 1. The van der Waals surface area contributed by atoms with Crippen LogP contribution in [0.5, 0.6) is 0 Å². The van der Waals surface area contributed by atoms with E-state index in [1.807, 2.05) is 4.98 Å². The maximum atomic E-state index is 11.6. The minimum absolute atomic E-state index is 0. The van der Waals surface area contributed by atoms with Gasteiger partial charge in [0.2, 0.25) is 0 Å². The largest absolute Gasteiger partial charge is 0.470 e. The normalized spacial score (nSPS) is 11.8. The summed E-state index contributed by atoms with van der Waals surface area (Å²) in [5, 5.41) is 0. The summed E-state index contributed by atoms with van der Waals surface area (Å²) in [5.74, 6) is -1.84. The molecule has 0 heterocycles. The molecule has 12 heavy (non-hydrogen) atoms. The van der Waals surface area contributed by atoms with Gasteiger partial charge in [-0.2, -0.15) is 13.2 Å². The van der Waals surface area contributed by atoms with Crippen molar-refractivity contribution in [2.75, 3.05) is 0 Å². The van der Waals surface area contributed by atoms with E-state index in [9.17, 15) is 18.0 Å². The van der Waals surface area contributed by atoms with Gasteiger partial charge >= 0.3 is 12.1 Å². The zero-order valence-corrected chi connectivity index (χ0v) is 8.77. The Balaban J connectivity index is 0. The molecule has 0 radical (unpaired) electrons. The maximum Gasteiger partial charge on any atom is 0.470 e. The van der Waals surface area contributed by atoms with E-state index < -0.39 is 20.3 Å². The van der Waals surface area contributed by atoms with Crippen LogP contribution in [0.3, 0.4) is 0 Å². The highest BCUT2D eigenvalue weighted by Crippen LogP contribution is 2.15. The zero-order valence-electron chi connectivity index (χ0n) is 6.95. The van der Waals surface area contributed by atoms with Gasteiger partial charge in [0, 0.05) is 0 Å². The molecule has 2 nitrogen and oxygen atoms in total. The molecule has 0 unspecified atom stereocenters. The fraction of sp³-hybridized carbons (Fsp3) is 0.800. The van der Waals surface area contributed by atoms with Crippen LogP contribution in [-0.4, -0.2) is 20.3 Å². The van der Waals surface area contributed by atoms with Crippen molar-refractivity contribution in [1.29, 1.82) is 0 Å². The summed E-state index contributed by atoms with van der Waals surface area (Å²) in [6.07, 6.45) is -4.75. The number of amides is 1. The lowest BCUT2D eigenvalue weighted by atomic mass is 10.6. The summed E-state index contributed by atoms with van der Waals surface area (Å²) < 4.78 is 34.8. The molecule has 0 aliphatic rings. The lowest BCUT2D eigenvalue weighted by Crippen LogP contribution is -2.50. The van der Waals surface area contributed by atoms with Crippen molar-refractivity contribution in [2.24, 2.45) is 0 Å². The number of nitrogens with one attached hydrogen (secondary N) is 1. The number of carbonyl (C=O) groups excluding carboxylic acids is 1. The Morgan fingerprint density at radius 2 is 1.58 bits per heavy atom. The van der Waals surface area contributed by atoms with E-state index >= 15 is 0 Å². The van der Waals surface area contributed by atoms with E-state index in [1.54, 1.807) is 19.6 Å². The van der Waals surface area contributed by atoms with Gasteiger partial charge in [-0.15, -0.1) is 12.4 Å². The molecule has 74 valence electrons. The topological polar surface area (TPSA) is 29.1 Å². The Kier molecular flexibility index (Phi) is 4.92. The molecule has 0 aromatic heterocycles. The van der Waals surface area contributed by atoms with Crippen molar-refractivity contribution >= 4 is 26.5 Å². The summed E-state index contributed by atoms with van der Waals surface area (Å²) in [6, 6.07) is 0. The van der Waals surface area contributed by atoms with Gasteiger partial charge in [-0.25, -0.2) is 0 Å². The molecule has 0 atom stereocenters. The monoisotopic (exact) mass is 221 g/mol. The van der Waals surface area contributed by atoms with Gasteiger partial charge in [0.1, 0.15) is 8.24 Å². The predicted octanol–water partition coefficient (Wildman–Crippen LogP) is 1.92. The molecule has 7 heteroatoms. The highest BCUT2D eigenvalue weighted by Gasteiger charge is 2.40. The Bertz CT molecular complexity index is 165. The summed E-state index contributed by atoms with van der Waals surface area (Å²) in [5.41, 5.74) is 0. The van der Waals surface area contributed by atoms with Crippen LogP contribution in [0.15, 0.2) is 0 Å². The van der Waals surface area contributed by atoms with E-state index in [2.05, 4.69) is 0 Å². The van der Waals surface area contributed by atoms with Crippen LogP contribution in [-0.2, 0) is 4.79 Å². The average Bonchev–Trinajstić information content (AvgIpc) is 1.56. The van der Waals surface area contributed by atoms with Gasteiger partial charge in [0.25, 0.3) is 0 Å². The number of carbonyl (C=O) groups is 1. The minimum atomic E-state index is -4.75. The number of halogens is 4. The van der Waals surface area contributed by atoms with Gasteiger partial charge in [0.15, 0.2) is 0 Å². The fourth-order valence-electron chi connectivity index (χ4n) is 0.411. The maximum absolute atomic E-state index is 11.6.